The van der Waals surface area contributed by atoms with Crippen molar-refractivity contribution in [1.82, 2.24) is 14.9 Å². The lowest BCUT2D eigenvalue weighted by molar-refractivity contribution is 0.0974. The van der Waals surface area contributed by atoms with E-state index in [1.807, 2.05) is 12.2 Å². The number of carbonyl (C=O) groups is 2. The number of cyclic esters (lactones) is 1. The highest BCUT2D eigenvalue weighted by Crippen LogP contribution is 2.30. The number of aromatic nitrogens is 2. The average Bonchev–Trinajstić information content (AvgIpc) is 3.31. The molecular weight excluding hydrogens is 462 g/mol. The van der Waals surface area contributed by atoms with Crippen LogP contribution < -0.4 is 4.74 Å². The van der Waals surface area contributed by atoms with Crippen LogP contribution in [0.4, 0.5) is 4.79 Å². The maximum absolute atomic E-state index is 12.9. The molecule has 1 atom stereocenters. The molecule has 2 aliphatic heterocycles. The molecule has 2 aromatic heterocycles. The van der Waals surface area contributed by atoms with Gasteiger partial charge in [0.05, 0.1) is 19.2 Å². The van der Waals surface area contributed by atoms with Crippen molar-refractivity contribution < 1.29 is 28.5 Å². The minimum Gasteiger partial charge on any atom is -0.481 e. The van der Waals surface area contributed by atoms with Gasteiger partial charge in [-0.05, 0) is 49.8 Å². The van der Waals surface area contributed by atoms with E-state index in [2.05, 4.69) is 16.0 Å². The summed E-state index contributed by atoms with van der Waals surface area (Å²) in [6.07, 6.45) is 14.1. The first-order valence-corrected chi connectivity index (χ1v) is 12.0. The first-order valence-electron chi connectivity index (χ1n) is 12.0. The Labute approximate surface area is 208 Å². The van der Waals surface area contributed by atoms with Gasteiger partial charge < -0.3 is 18.9 Å². The van der Waals surface area contributed by atoms with E-state index < -0.39 is 6.09 Å². The van der Waals surface area contributed by atoms with Crippen LogP contribution in [0.15, 0.2) is 72.4 Å². The largest absolute Gasteiger partial charge is 0.481 e. The number of rotatable bonds is 9. The molecule has 9 nitrogen and oxygen atoms in total. The number of carbonyl (C=O) groups excluding carboxylic acids is 2. The highest BCUT2D eigenvalue weighted by Gasteiger charge is 2.36. The third kappa shape index (κ3) is 5.10. The van der Waals surface area contributed by atoms with Gasteiger partial charge in [-0.3, -0.25) is 9.78 Å². The molecule has 186 valence electrons. The zero-order chi connectivity index (χ0) is 24.9. The Bertz CT molecular complexity index is 1300. The second-order valence-corrected chi connectivity index (χ2v) is 8.70. The van der Waals surface area contributed by atoms with Crippen molar-refractivity contribution in [1.29, 1.82) is 0 Å². The third-order valence-corrected chi connectivity index (χ3v) is 6.28. The Hall–Kier alpha value is -4.14. The minimum absolute atomic E-state index is 0.00251. The molecule has 1 amide bonds. The molecule has 1 fully saturated rings. The maximum atomic E-state index is 12.9. The summed E-state index contributed by atoms with van der Waals surface area (Å²) < 4.78 is 22.1. The van der Waals surface area contributed by atoms with Gasteiger partial charge in [0.15, 0.2) is 17.8 Å². The summed E-state index contributed by atoms with van der Waals surface area (Å²) in [5.41, 5.74) is 2.74. The van der Waals surface area contributed by atoms with Crippen LogP contribution in [0, 0.1) is 0 Å². The number of hydrogen-bond acceptors (Lipinski definition) is 8. The van der Waals surface area contributed by atoms with Crippen LogP contribution in [0.1, 0.15) is 48.9 Å². The van der Waals surface area contributed by atoms with E-state index in [4.69, 9.17) is 18.9 Å². The van der Waals surface area contributed by atoms with Gasteiger partial charge in [-0.15, -0.1) is 0 Å². The number of amides is 1. The fraction of sp³-hybridized carbons (Fsp3) is 0.333. The smallest absolute Gasteiger partial charge is 0.417 e. The van der Waals surface area contributed by atoms with Crippen molar-refractivity contribution >= 4 is 22.9 Å². The van der Waals surface area contributed by atoms with Crippen LogP contribution in [0.25, 0.3) is 11.0 Å². The lowest BCUT2D eigenvalue weighted by atomic mass is 10.0. The first kappa shape index (κ1) is 23.6. The van der Waals surface area contributed by atoms with Crippen molar-refractivity contribution in [3.8, 4) is 5.88 Å². The zero-order valence-electron chi connectivity index (χ0n) is 20.0. The van der Waals surface area contributed by atoms with Crippen molar-refractivity contribution in [2.75, 3.05) is 13.7 Å². The topological polar surface area (TPSA) is 100 Å². The molecule has 0 bridgehead atoms. The summed E-state index contributed by atoms with van der Waals surface area (Å²) in [6, 6.07) is 5.20. The monoisotopic (exact) mass is 489 g/mol. The van der Waals surface area contributed by atoms with Gasteiger partial charge in [-0.25, -0.2) is 14.7 Å². The molecule has 0 aromatic carbocycles. The van der Waals surface area contributed by atoms with Gasteiger partial charge >= 0.3 is 6.09 Å². The Morgan fingerprint density at radius 1 is 1.22 bits per heavy atom. The molecular formula is C27H27N3O6. The number of unbranched alkanes of at least 4 members (excludes halogenated alkanes) is 1. The van der Waals surface area contributed by atoms with Crippen LogP contribution >= 0.6 is 0 Å². The number of Topliss-reactive ketones (excluding diaryl/α,β-unsaturated/α-hetero) is 1. The quantitative estimate of drug-likeness (QED) is 0.352. The van der Waals surface area contributed by atoms with Crippen molar-refractivity contribution in [2.24, 2.45) is 0 Å². The molecule has 9 heteroatoms. The average molecular weight is 490 g/mol. The normalized spacial score (nSPS) is 19.1. The number of ketones is 1. The van der Waals surface area contributed by atoms with E-state index in [1.165, 1.54) is 18.3 Å². The molecule has 0 N–H and O–H groups in total. The molecule has 0 saturated carbocycles. The number of nitrogens with zero attached hydrogens (tertiary/aromatic N) is 3. The highest BCUT2D eigenvalue weighted by molar-refractivity contribution is 6.05. The van der Waals surface area contributed by atoms with E-state index >= 15 is 0 Å². The fourth-order valence-corrected chi connectivity index (χ4v) is 4.37. The van der Waals surface area contributed by atoms with Gasteiger partial charge in [0.1, 0.15) is 17.9 Å². The lowest BCUT2D eigenvalue weighted by Crippen LogP contribution is -2.27. The van der Waals surface area contributed by atoms with Crippen LogP contribution in [0.5, 0.6) is 5.88 Å². The second kappa shape index (κ2) is 10.6. The molecule has 0 unspecified atom stereocenters. The molecule has 0 radical (unpaired) electrons. The Morgan fingerprint density at radius 3 is 2.97 bits per heavy atom. The van der Waals surface area contributed by atoms with E-state index in [0.717, 1.165) is 24.8 Å². The number of methoxy groups -OCH3 is 1. The van der Waals surface area contributed by atoms with Crippen molar-refractivity contribution in [2.45, 2.75) is 44.6 Å². The van der Waals surface area contributed by atoms with E-state index in [1.54, 1.807) is 30.7 Å². The number of ether oxygens (including phenoxy) is 4. The molecule has 3 aliphatic rings. The van der Waals surface area contributed by atoms with Crippen LogP contribution in [0.3, 0.4) is 0 Å². The van der Waals surface area contributed by atoms with Gasteiger partial charge in [0.25, 0.3) is 0 Å². The summed E-state index contributed by atoms with van der Waals surface area (Å²) in [7, 11) is 1.54. The van der Waals surface area contributed by atoms with Gasteiger partial charge in [-0.1, -0.05) is 18.2 Å². The summed E-state index contributed by atoms with van der Waals surface area (Å²) in [4.78, 5) is 35.5. The molecule has 5 rings (SSSR count). The second-order valence-electron chi connectivity index (χ2n) is 8.70. The molecule has 2 aromatic rings. The molecule has 1 aliphatic carbocycles. The predicted molar refractivity (Wildman–Crippen MR) is 131 cm³/mol. The Balaban J connectivity index is 1.12. The van der Waals surface area contributed by atoms with Gasteiger partial charge in [0.2, 0.25) is 11.8 Å². The van der Waals surface area contributed by atoms with Crippen molar-refractivity contribution in [3.05, 3.63) is 77.9 Å². The number of hydrogen-bond donors (Lipinski definition) is 0. The minimum atomic E-state index is -0.465. The summed E-state index contributed by atoms with van der Waals surface area (Å²) >= 11 is 0. The van der Waals surface area contributed by atoms with Crippen molar-refractivity contribution in [3.63, 3.8) is 0 Å². The van der Waals surface area contributed by atoms with E-state index in [9.17, 15) is 9.59 Å². The van der Waals surface area contributed by atoms with Crippen LogP contribution in [-0.2, 0) is 14.2 Å². The van der Waals surface area contributed by atoms with Gasteiger partial charge in [0, 0.05) is 24.2 Å². The maximum Gasteiger partial charge on any atom is 0.417 e. The van der Waals surface area contributed by atoms with E-state index in [-0.39, 0.29) is 11.9 Å². The molecule has 4 heterocycles. The highest BCUT2D eigenvalue weighted by atomic mass is 16.6. The standard InChI is InChI=1S/C27H27N3O6/c1-33-24-12-11-21-26(29-24)20(13-14-28-21)22(31)10-6-5-9-19-15-30(27(32)35-19)25-17-34-16-23(36-25)18-7-3-2-4-8-18/h2-3,7,11-14,16-17,19H,4-6,8-10,15H2,1H3/t19-/m1/s1. The summed E-state index contributed by atoms with van der Waals surface area (Å²) in [5.74, 6) is 1.35. The Morgan fingerprint density at radius 2 is 2.14 bits per heavy atom. The first-order chi connectivity index (χ1) is 17.6. The zero-order valence-corrected chi connectivity index (χ0v) is 20.0. The molecule has 36 heavy (non-hydrogen) atoms. The number of allylic oxidation sites excluding steroid dienone is 4. The SMILES string of the molecule is COc1ccc2nccc(C(=O)CCCC[C@@H]3CN(C4=COC=C(C5=CC=CCC5)O4)C(=O)O3)c2n1. The number of fused-ring (bicyclic) bond motifs is 1. The van der Waals surface area contributed by atoms with Crippen LogP contribution in [-0.4, -0.2) is 46.5 Å². The molecule has 1 saturated heterocycles. The summed E-state index contributed by atoms with van der Waals surface area (Å²) in [6.45, 7) is 0.368. The van der Waals surface area contributed by atoms with Gasteiger partial charge in [-0.2, -0.15) is 0 Å². The predicted octanol–water partition coefficient (Wildman–Crippen LogP) is 5.17. The molecule has 0 spiro atoms. The third-order valence-electron chi connectivity index (χ3n) is 6.28. The van der Waals surface area contributed by atoms with Crippen LogP contribution in [0.2, 0.25) is 0 Å². The Kier molecular flexibility index (Phi) is 6.97. The summed E-state index contributed by atoms with van der Waals surface area (Å²) in [5, 5.41) is 0. The fourth-order valence-electron chi connectivity index (χ4n) is 4.37. The van der Waals surface area contributed by atoms with E-state index in [0.29, 0.717) is 59.9 Å². The number of pyridine rings is 2. The lowest BCUT2D eigenvalue weighted by Gasteiger charge is -2.23.